The minimum atomic E-state index is 0.0292. The molecule has 1 aromatic heterocycles. The van der Waals surface area contributed by atoms with Crippen LogP contribution in [0.1, 0.15) is 55.8 Å². The van der Waals surface area contributed by atoms with Crippen molar-refractivity contribution in [2.75, 3.05) is 0 Å². The van der Waals surface area contributed by atoms with E-state index in [2.05, 4.69) is 18.7 Å². The molecule has 2 atom stereocenters. The van der Waals surface area contributed by atoms with E-state index in [1.54, 1.807) is 6.26 Å². The summed E-state index contributed by atoms with van der Waals surface area (Å²) >= 11 is 0. The summed E-state index contributed by atoms with van der Waals surface area (Å²) in [5.41, 5.74) is 2.25. The maximum Gasteiger partial charge on any atom is 0.140 e. The monoisotopic (exact) mass is 426 g/mol. The molecule has 0 amide bonds. The molecule has 1 heterocycles. The van der Waals surface area contributed by atoms with E-state index in [1.165, 1.54) is 12.8 Å². The first-order chi connectivity index (χ1) is 15.7. The minimum absolute atomic E-state index is 0.0292. The van der Waals surface area contributed by atoms with Crippen molar-refractivity contribution in [2.45, 2.75) is 44.4 Å². The summed E-state index contributed by atoms with van der Waals surface area (Å²) in [6, 6.07) is 21.8. The molecule has 3 heteroatoms. The van der Waals surface area contributed by atoms with Crippen LogP contribution in [0.15, 0.2) is 84.0 Å². The molecule has 2 unspecified atom stereocenters. The van der Waals surface area contributed by atoms with Crippen LogP contribution in [0.2, 0.25) is 0 Å². The van der Waals surface area contributed by atoms with E-state index in [4.69, 9.17) is 9.15 Å². The second kappa shape index (κ2) is 9.20. The molecule has 3 aromatic rings. The van der Waals surface area contributed by atoms with Gasteiger partial charge in [-0.15, -0.1) is 0 Å². The molecule has 2 saturated carbocycles. The zero-order valence-electron chi connectivity index (χ0n) is 18.4. The van der Waals surface area contributed by atoms with Crippen molar-refractivity contribution in [3.05, 3.63) is 90.9 Å². The van der Waals surface area contributed by atoms with E-state index in [0.717, 1.165) is 54.1 Å². The number of benzene rings is 2. The van der Waals surface area contributed by atoms with Gasteiger partial charge in [0.25, 0.3) is 0 Å². The van der Waals surface area contributed by atoms with E-state index in [0.29, 0.717) is 23.5 Å². The van der Waals surface area contributed by atoms with Gasteiger partial charge in [0, 0.05) is 12.3 Å². The highest BCUT2D eigenvalue weighted by molar-refractivity contribution is 5.88. The van der Waals surface area contributed by atoms with Crippen molar-refractivity contribution in [2.24, 2.45) is 17.8 Å². The molecule has 0 N–H and O–H groups in total. The SMILES string of the molecule is C=C(c1ccco1)C1CCC(C2CC(=O)C(c3ccc(Oc4ccccc4)cc3)C2)CC1. The predicted molar refractivity (Wildman–Crippen MR) is 127 cm³/mol. The van der Waals surface area contributed by atoms with Crippen LogP contribution in [0.3, 0.4) is 0 Å². The van der Waals surface area contributed by atoms with Gasteiger partial charge in [-0.2, -0.15) is 0 Å². The van der Waals surface area contributed by atoms with Crippen molar-refractivity contribution in [1.82, 2.24) is 0 Å². The molecular weight excluding hydrogens is 396 g/mol. The van der Waals surface area contributed by atoms with Gasteiger partial charge in [-0.3, -0.25) is 4.79 Å². The molecule has 164 valence electrons. The highest BCUT2D eigenvalue weighted by atomic mass is 16.5. The Hall–Kier alpha value is -3.07. The number of carbonyl (C=O) groups excluding carboxylic acids is 1. The van der Waals surface area contributed by atoms with Gasteiger partial charge >= 0.3 is 0 Å². The quantitative estimate of drug-likeness (QED) is 0.406. The number of furan rings is 1. The zero-order chi connectivity index (χ0) is 21.9. The Morgan fingerprint density at radius 3 is 2.25 bits per heavy atom. The second-order valence-electron chi connectivity index (χ2n) is 9.32. The van der Waals surface area contributed by atoms with Crippen LogP contribution >= 0.6 is 0 Å². The van der Waals surface area contributed by atoms with Crippen LogP contribution in [-0.4, -0.2) is 5.78 Å². The summed E-state index contributed by atoms with van der Waals surface area (Å²) in [5, 5.41) is 0. The first-order valence-electron chi connectivity index (χ1n) is 11.8. The average molecular weight is 427 g/mol. The molecule has 2 aliphatic carbocycles. The van der Waals surface area contributed by atoms with Crippen molar-refractivity contribution >= 4 is 11.4 Å². The fraction of sp³-hybridized carbons (Fsp3) is 0.345. The van der Waals surface area contributed by atoms with Gasteiger partial charge in [-0.25, -0.2) is 0 Å². The second-order valence-corrected chi connectivity index (χ2v) is 9.32. The predicted octanol–water partition coefficient (Wildman–Crippen LogP) is 7.65. The number of hydrogen-bond donors (Lipinski definition) is 0. The van der Waals surface area contributed by atoms with E-state index in [9.17, 15) is 4.79 Å². The highest BCUT2D eigenvalue weighted by Gasteiger charge is 2.39. The van der Waals surface area contributed by atoms with Gasteiger partial charge in [0.2, 0.25) is 0 Å². The third kappa shape index (κ3) is 4.43. The van der Waals surface area contributed by atoms with Gasteiger partial charge in [0.15, 0.2) is 0 Å². The van der Waals surface area contributed by atoms with Crippen LogP contribution < -0.4 is 4.74 Å². The third-order valence-electron chi connectivity index (χ3n) is 7.42. The molecule has 0 spiro atoms. The van der Waals surface area contributed by atoms with Crippen molar-refractivity contribution in [3.63, 3.8) is 0 Å². The van der Waals surface area contributed by atoms with Crippen molar-refractivity contribution in [1.29, 1.82) is 0 Å². The lowest BCUT2D eigenvalue weighted by atomic mass is 9.73. The summed E-state index contributed by atoms with van der Waals surface area (Å²) in [5.74, 6) is 4.62. The van der Waals surface area contributed by atoms with Crippen LogP contribution in [0, 0.1) is 17.8 Å². The lowest BCUT2D eigenvalue weighted by Gasteiger charge is -2.32. The molecule has 5 rings (SSSR count). The topological polar surface area (TPSA) is 39.4 Å². The smallest absolute Gasteiger partial charge is 0.140 e. The molecule has 0 radical (unpaired) electrons. The Morgan fingerprint density at radius 1 is 0.844 bits per heavy atom. The molecule has 2 aliphatic rings. The van der Waals surface area contributed by atoms with Gasteiger partial charge < -0.3 is 9.15 Å². The van der Waals surface area contributed by atoms with Gasteiger partial charge in [-0.05, 0) is 97.4 Å². The molecule has 0 bridgehead atoms. The largest absolute Gasteiger partial charge is 0.465 e. The van der Waals surface area contributed by atoms with E-state index < -0.39 is 0 Å². The average Bonchev–Trinajstić information content (AvgIpc) is 3.50. The van der Waals surface area contributed by atoms with Crippen molar-refractivity contribution in [3.8, 4) is 11.5 Å². The first kappa shape index (κ1) is 20.8. The zero-order valence-corrected chi connectivity index (χ0v) is 18.4. The Morgan fingerprint density at radius 2 is 1.56 bits per heavy atom. The lowest BCUT2D eigenvalue weighted by Crippen LogP contribution is -2.21. The van der Waals surface area contributed by atoms with Crippen LogP contribution in [0.25, 0.3) is 5.57 Å². The number of Topliss-reactive ketones (excluding diaryl/α,β-unsaturated/α-hetero) is 1. The molecule has 0 saturated heterocycles. The van der Waals surface area contributed by atoms with Crippen LogP contribution in [0.4, 0.5) is 0 Å². The Kier molecular flexibility index (Phi) is 5.98. The van der Waals surface area contributed by atoms with E-state index in [-0.39, 0.29) is 5.92 Å². The number of hydrogen-bond acceptors (Lipinski definition) is 3. The summed E-state index contributed by atoms with van der Waals surface area (Å²) in [6.45, 7) is 4.28. The standard InChI is InChI=1S/C29H30O3/c1-20(29-8-5-17-31-29)21-9-11-22(12-10-21)24-18-27(28(30)19-24)23-13-15-26(16-14-23)32-25-6-3-2-4-7-25/h2-8,13-17,21-22,24,27H,1,9-12,18-19H2. The lowest BCUT2D eigenvalue weighted by molar-refractivity contribution is -0.118. The normalized spacial score (nSPS) is 25.6. The fourth-order valence-electron chi connectivity index (χ4n) is 5.59. The van der Waals surface area contributed by atoms with Crippen LogP contribution in [0.5, 0.6) is 11.5 Å². The maximum absolute atomic E-state index is 12.9. The fourth-order valence-corrected chi connectivity index (χ4v) is 5.59. The van der Waals surface area contributed by atoms with Gasteiger partial charge in [0.05, 0.1) is 6.26 Å². The Balaban J connectivity index is 1.17. The third-order valence-corrected chi connectivity index (χ3v) is 7.42. The number of allylic oxidation sites excluding steroid dienone is 1. The van der Waals surface area contributed by atoms with Gasteiger partial charge in [-0.1, -0.05) is 36.9 Å². The molecule has 2 fully saturated rings. The van der Waals surface area contributed by atoms with Crippen molar-refractivity contribution < 1.29 is 13.9 Å². The molecule has 3 nitrogen and oxygen atoms in total. The van der Waals surface area contributed by atoms with E-state index in [1.807, 2.05) is 54.6 Å². The van der Waals surface area contributed by atoms with E-state index >= 15 is 0 Å². The summed E-state index contributed by atoms with van der Waals surface area (Å²) in [4.78, 5) is 12.9. The van der Waals surface area contributed by atoms with Gasteiger partial charge in [0.1, 0.15) is 23.0 Å². The number of para-hydroxylation sites is 1. The number of rotatable bonds is 6. The number of carbonyl (C=O) groups is 1. The first-order valence-corrected chi connectivity index (χ1v) is 11.8. The molecular formula is C29H30O3. The molecule has 2 aromatic carbocycles. The number of ketones is 1. The number of ether oxygens (including phenoxy) is 1. The summed E-state index contributed by atoms with van der Waals surface area (Å²) < 4.78 is 11.4. The summed E-state index contributed by atoms with van der Waals surface area (Å²) in [7, 11) is 0. The molecule has 0 aliphatic heterocycles. The molecule has 32 heavy (non-hydrogen) atoms. The maximum atomic E-state index is 12.9. The Bertz CT molecular complexity index is 1040. The Labute approximate surface area is 190 Å². The van der Waals surface area contributed by atoms with Crippen LogP contribution in [-0.2, 0) is 4.79 Å². The minimum Gasteiger partial charge on any atom is -0.465 e. The summed E-state index contributed by atoms with van der Waals surface area (Å²) in [6.07, 6.45) is 8.07. The highest BCUT2D eigenvalue weighted by Crippen LogP contribution is 2.46.